The fourth-order valence-electron chi connectivity index (χ4n) is 2.38. The lowest BCUT2D eigenvalue weighted by atomic mass is 9.90. The number of hydrogen-bond donors (Lipinski definition) is 0. The minimum Gasteiger partial charge on any atom is -0.0894 e. The lowest BCUT2D eigenvalue weighted by molar-refractivity contribution is 0.630. The third kappa shape index (κ3) is 2.88. The van der Waals surface area contributed by atoms with Gasteiger partial charge in [0.2, 0.25) is 0 Å². The molecule has 1 aliphatic heterocycles. The molecule has 100 valence electrons. The molecule has 1 aliphatic rings. The third-order valence-electron chi connectivity index (χ3n) is 3.34. The molecule has 0 N–H and O–H groups in total. The topological polar surface area (TPSA) is 0 Å². The average molecular weight is 278 g/mol. The summed E-state index contributed by atoms with van der Waals surface area (Å²) < 4.78 is 0. The van der Waals surface area contributed by atoms with Crippen molar-refractivity contribution in [2.24, 2.45) is 5.41 Å². The first kappa shape index (κ1) is 13.3. The maximum atomic E-state index is 2.36. The monoisotopic (exact) mass is 278 g/mol. The molecule has 0 fully saturated rings. The van der Waals surface area contributed by atoms with E-state index in [1.807, 2.05) is 11.8 Å². The van der Waals surface area contributed by atoms with Crippen LogP contribution in [0.4, 0.5) is 0 Å². The second-order valence-electron chi connectivity index (χ2n) is 5.67. The van der Waals surface area contributed by atoms with Gasteiger partial charge in [-0.15, -0.1) is 0 Å². The van der Waals surface area contributed by atoms with Gasteiger partial charge in [0.15, 0.2) is 0 Å². The van der Waals surface area contributed by atoms with Gasteiger partial charge in [-0.1, -0.05) is 98.4 Å². The summed E-state index contributed by atoms with van der Waals surface area (Å²) in [6.07, 6.45) is 4.72. The van der Waals surface area contributed by atoms with Gasteiger partial charge in [0.05, 0.1) is 0 Å². The van der Waals surface area contributed by atoms with Crippen LogP contribution in [0.1, 0.15) is 25.0 Å². The number of hydrogen-bond acceptors (Lipinski definition) is 1. The van der Waals surface area contributed by atoms with Gasteiger partial charge in [-0.25, -0.2) is 0 Å². The van der Waals surface area contributed by atoms with Crippen molar-refractivity contribution in [1.82, 2.24) is 0 Å². The molecule has 0 nitrogen and oxygen atoms in total. The van der Waals surface area contributed by atoms with E-state index in [0.29, 0.717) is 0 Å². The van der Waals surface area contributed by atoms with E-state index in [4.69, 9.17) is 0 Å². The van der Waals surface area contributed by atoms with Crippen molar-refractivity contribution in [3.05, 3.63) is 83.9 Å². The molecule has 0 bridgehead atoms. The second-order valence-corrected chi connectivity index (χ2v) is 6.76. The van der Waals surface area contributed by atoms with Gasteiger partial charge in [-0.2, -0.15) is 0 Å². The number of rotatable bonds is 2. The molecular weight excluding hydrogens is 260 g/mol. The van der Waals surface area contributed by atoms with Crippen molar-refractivity contribution in [3.8, 4) is 0 Å². The van der Waals surface area contributed by atoms with Gasteiger partial charge in [0.25, 0.3) is 0 Å². The lowest BCUT2D eigenvalue weighted by Crippen LogP contribution is -2.08. The van der Waals surface area contributed by atoms with Crippen molar-refractivity contribution < 1.29 is 0 Å². The summed E-state index contributed by atoms with van der Waals surface area (Å²) in [5.41, 5.74) is 2.68. The van der Waals surface area contributed by atoms with Gasteiger partial charge in [-0.3, -0.25) is 0 Å². The van der Waals surface area contributed by atoms with E-state index in [-0.39, 0.29) is 5.41 Å². The molecule has 0 amide bonds. The summed E-state index contributed by atoms with van der Waals surface area (Å²) in [4.78, 5) is 2.69. The maximum absolute atomic E-state index is 2.36. The Balaban J connectivity index is 1.99. The lowest BCUT2D eigenvalue weighted by Gasteiger charge is -2.26. The van der Waals surface area contributed by atoms with E-state index in [1.165, 1.54) is 20.9 Å². The highest BCUT2D eigenvalue weighted by atomic mass is 32.2. The van der Waals surface area contributed by atoms with Crippen LogP contribution >= 0.6 is 11.8 Å². The highest BCUT2D eigenvalue weighted by molar-refractivity contribution is 8.16. The Hall–Kier alpha value is -1.73. The third-order valence-corrected chi connectivity index (χ3v) is 4.49. The highest BCUT2D eigenvalue weighted by Gasteiger charge is 2.22. The van der Waals surface area contributed by atoms with E-state index in [9.17, 15) is 0 Å². The van der Waals surface area contributed by atoms with E-state index in [2.05, 4.69) is 86.7 Å². The van der Waals surface area contributed by atoms with E-state index < -0.39 is 0 Å². The Morgan fingerprint density at radius 1 is 0.650 bits per heavy atom. The molecule has 0 atom stereocenters. The van der Waals surface area contributed by atoms with Crippen molar-refractivity contribution in [1.29, 1.82) is 0 Å². The summed E-state index contributed by atoms with van der Waals surface area (Å²) in [7, 11) is 0. The molecule has 0 radical (unpaired) electrons. The maximum Gasteiger partial charge on any atom is 0.0163 e. The van der Waals surface area contributed by atoms with E-state index in [1.54, 1.807) is 0 Å². The fourth-order valence-corrected chi connectivity index (χ4v) is 3.85. The zero-order valence-electron chi connectivity index (χ0n) is 11.8. The normalized spacial score (nSPS) is 17.3. The summed E-state index contributed by atoms with van der Waals surface area (Å²) in [5, 5.41) is 0. The molecule has 20 heavy (non-hydrogen) atoms. The summed E-state index contributed by atoms with van der Waals surface area (Å²) in [6, 6.07) is 21.3. The first-order chi connectivity index (χ1) is 9.64. The first-order valence-corrected chi connectivity index (χ1v) is 7.70. The van der Waals surface area contributed by atoms with Crippen molar-refractivity contribution in [2.75, 3.05) is 0 Å². The summed E-state index contributed by atoms with van der Waals surface area (Å²) in [5.74, 6) is 0. The first-order valence-electron chi connectivity index (χ1n) is 6.88. The molecule has 0 aromatic heterocycles. The van der Waals surface area contributed by atoms with Crippen LogP contribution in [0.3, 0.4) is 0 Å². The van der Waals surface area contributed by atoms with Crippen LogP contribution in [0.2, 0.25) is 0 Å². The van der Waals surface area contributed by atoms with Gasteiger partial charge in [0.1, 0.15) is 0 Å². The van der Waals surface area contributed by atoms with Crippen molar-refractivity contribution in [3.63, 3.8) is 0 Å². The molecule has 2 aromatic rings. The zero-order chi connectivity index (χ0) is 14.0. The highest BCUT2D eigenvalue weighted by Crippen LogP contribution is 2.47. The quantitative estimate of drug-likeness (QED) is 0.665. The van der Waals surface area contributed by atoms with Gasteiger partial charge >= 0.3 is 0 Å². The Labute approximate surface area is 125 Å². The minimum absolute atomic E-state index is 0.0849. The molecule has 0 aliphatic carbocycles. The Morgan fingerprint density at radius 2 is 1.05 bits per heavy atom. The molecule has 0 unspecified atom stereocenters. The van der Waals surface area contributed by atoms with Crippen LogP contribution in [-0.4, -0.2) is 0 Å². The van der Waals surface area contributed by atoms with Gasteiger partial charge < -0.3 is 0 Å². The van der Waals surface area contributed by atoms with Crippen LogP contribution in [0.15, 0.2) is 72.8 Å². The second kappa shape index (κ2) is 5.34. The Morgan fingerprint density at radius 3 is 1.45 bits per heavy atom. The van der Waals surface area contributed by atoms with Crippen LogP contribution in [0, 0.1) is 5.41 Å². The van der Waals surface area contributed by atoms with Crippen LogP contribution in [0.5, 0.6) is 0 Å². The molecule has 1 heterocycles. The molecular formula is C19H18S. The Kier molecular flexibility index (Phi) is 3.54. The zero-order valence-corrected chi connectivity index (χ0v) is 12.7. The van der Waals surface area contributed by atoms with Gasteiger partial charge in [-0.05, 0) is 11.1 Å². The largest absolute Gasteiger partial charge is 0.0894 e. The van der Waals surface area contributed by atoms with E-state index in [0.717, 1.165) is 0 Å². The molecule has 0 spiro atoms. The molecule has 2 aromatic carbocycles. The molecule has 0 saturated heterocycles. The summed E-state index contributed by atoms with van der Waals surface area (Å²) in [6.45, 7) is 4.53. The number of thioether (sulfide) groups is 1. The van der Waals surface area contributed by atoms with Crippen LogP contribution < -0.4 is 0 Å². The number of allylic oxidation sites excluding steroid dienone is 2. The fraction of sp³-hybridized carbons (Fsp3) is 0.158. The average Bonchev–Trinajstić information content (AvgIpc) is 2.47. The smallest absolute Gasteiger partial charge is 0.0163 e. The van der Waals surface area contributed by atoms with Gasteiger partial charge in [0, 0.05) is 15.2 Å². The Bertz CT molecular complexity index is 591. The predicted molar refractivity (Wildman–Crippen MR) is 90.2 cm³/mol. The molecule has 3 rings (SSSR count). The predicted octanol–water partition coefficient (Wildman–Crippen LogP) is 5.84. The molecule has 0 saturated carbocycles. The SMILES string of the molecule is CC1(C)C=C(c2ccccc2)SC(c2ccccc2)=C1. The standard InChI is InChI=1S/C19H18S/c1-19(2)13-17(15-9-5-3-6-10-15)20-18(14-19)16-11-7-4-8-12-16/h3-14H,1-2H3. The van der Waals surface area contributed by atoms with Crippen LogP contribution in [-0.2, 0) is 0 Å². The minimum atomic E-state index is 0.0849. The van der Waals surface area contributed by atoms with Crippen molar-refractivity contribution >= 4 is 21.6 Å². The van der Waals surface area contributed by atoms with Crippen LogP contribution in [0.25, 0.3) is 9.81 Å². The summed E-state index contributed by atoms with van der Waals surface area (Å²) >= 11 is 1.86. The number of benzene rings is 2. The van der Waals surface area contributed by atoms with Crippen molar-refractivity contribution in [2.45, 2.75) is 13.8 Å². The molecule has 1 heteroatoms. The van der Waals surface area contributed by atoms with E-state index >= 15 is 0 Å².